The fourth-order valence-electron chi connectivity index (χ4n) is 3.27. The van der Waals surface area contributed by atoms with Gasteiger partial charge in [0, 0.05) is 23.1 Å². The van der Waals surface area contributed by atoms with E-state index < -0.39 is 0 Å². The second-order valence-corrected chi connectivity index (χ2v) is 7.80. The molecule has 0 radical (unpaired) electrons. The zero-order valence-electron chi connectivity index (χ0n) is 18.4. The summed E-state index contributed by atoms with van der Waals surface area (Å²) >= 11 is 0. The lowest BCUT2D eigenvalue weighted by Crippen LogP contribution is -1.86. The molecule has 2 rings (SSSR count). The van der Waals surface area contributed by atoms with E-state index in [1.807, 2.05) is 0 Å². The van der Waals surface area contributed by atoms with Crippen molar-refractivity contribution < 1.29 is 0 Å². The van der Waals surface area contributed by atoms with E-state index in [4.69, 9.17) is 0 Å². The van der Waals surface area contributed by atoms with Gasteiger partial charge in [0.25, 0.3) is 0 Å². The first-order valence-electron chi connectivity index (χ1n) is 11.5. The van der Waals surface area contributed by atoms with E-state index in [1.165, 1.54) is 69.8 Å². The molecule has 0 bridgehead atoms. The van der Waals surface area contributed by atoms with Gasteiger partial charge in [-0.3, -0.25) is 0 Å². The van der Waals surface area contributed by atoms with Crippen molar-refractivity contribution >= 4 is 0 Å². The van der Waals surface area contributed by atoms with Crippen molar-refractivity contribution in [1.29, 1.82) is 0 Å². The Bertz CT molecular complexity index is 801. The molecule has 0 nitrogen and oxygen atoms in total. The van der Waals surface area contributed by atoms with Gasteiger partial charge in [0.2, 0.25) is 0 Å². The van der Waals surface area contributed by atoms with Gasteiger partial charge in [-0.1, -0.05) is 94.6 Å². The van der Waals surface area contributed by atoms with Gasteiger partial charge in [-0.2, -0.15) is 0 Å². The van der Waals surface area contributed by atoms with Crippen LogP contribution in [-0.2, 0) is 6.42 Å². The SMILES string of the molecule is CCCCCCCC#Cc1ccc(C#Cc2ccc(CCCCCC)cc2)cc1. The molecule has 2 aromatic carbocycles. The number of hydrogen-bond donors (Lipinski definition) is 0. The second kappa shape index (κ2) is 14.5. The third-order valence-corrected chi connectivity index (χ3v) is 5.15. The highest BCUT2D eigenvalue weighted by Crippen LogP contribution is 2.10. The summed E-state index contributed by atoms with van der Waals surface area (Å²) in [5, 5.41) is 0. The first-order valence-corrected chi connectivity index (χ1v) is 11.5. The molecule has 152 valence electrons. The van der Waals surface area contributed by atoms with E-state index >= 15 is 0 Å². The smallest absolute Gasteiger partial charge is 0.0249 e. The van der Waals surface area contributed by atoms with E-state index in [-0.39, 0.29) is 0 Å². The topological polar surface area (TPSA) is 0 Å². The van der Waals surface area contributed by atoms with Crippen LogP contribution in [0.3, 0.4) is 0 Å². The number of aryl methyl sites for hydroxylation is 1. The molecule has 29 heavy (non-hydrogen) atoms. The molecular formula is C29H36. The lowest BCUT2D eigenvalue weighted by molar-refractivity contribution is 0.641. The molecule has 0 aliphatic carbocycles. The highest BCUT2D eigenvalue weighted by atomic mass is 14.0. The summed E-state index contributed by atoms with van der Waals surface area (Å²) in [6, 6.07) is 17.0. The molecule has 0 spiro atoms. The third kappa shape index (κ3) is 10.1. The fourth-order valence-corrected chi connectivity index (χ4v) is 3.27. The van der Waals surface area contributed by atoms with E-state index in [2.05, 4.69) is 86.1 Å². The van der Waals surface area contributed by atoms with Gasteiger partial charge in [-0.15, -0.1) is 0 Å². The van der Waals surface area contributed by atoms with Gasteiger partial charge in [0.05, 0.1) is 0 Å². The monoisotopic (exact) mass is 384 g/mol. The van der Waals surface area contributed by atoms with Crippen LogP contribution in [0.4, 0.5) is 0 Å². The Morgan fingerprint density at radius 2 is 1.00 bits per heavy atom. The van der Waals surface area contributed by atoms with Crippen molar-refractivity contribution in [1.82, 2.24) is 0 Å². The highest BCUT2D eigenvalue weighted by Gasteiger charge is 1.94. The summed E-state index contributed by atoms with van der Waals surface area (Å²) in [7, 11) is 0. The third-order valence-electron chi connectivity index (χ3n) is 5.15. The predicted molar refractivity (Wildman–Crippen MR) is 127 cm³/mol. The minimum Gasteiger partial charge on any atom is -0.0979 e. The molecule has 0 heterocycles. The minimum absolute atomic E-state index is 1.000. The summed E-state index contributed by atoms with van der Waals surface area (Å²) in [5.74, 6) is 13.1. The molecule has 0 saturated heterocycles. The largest absolute Gasteiger partial charge is 0.0979 e. The second-order valence-electron chi connectivity index (χ2n) is 7.80. The summed E-state index contributed by atoms with van der Waals surface area (Å²) in [4.78, 5) is 0. The van der Waals surface area contributed by atoms with Crippen molar-refractivity contribution in [2.45, 2.75) is 84.5 Å². The van der Waals surface area contributed by atoms with Crippen LogP contribution in [0.1, 0.15) is 100 Å². The van der Waals surface area contributed by atoms with Crippen molar-refractivity contribution in [3.8, 4) is 23.7 Å². The van der Waals surface area contributed by atoms with Crippen molar-refractivity contribution in [2.75, 3.05) is 0 Å². The molecule has 0 unspecified atom stereocenters. The van der Waals surface area contributed by atoms with Crippen LogP contribution in [0, 0.1) is 23.7 Å². The number of hydrogen-bond acceptors (Lipinski definition) is 0. The number of unbranched alkanes of at least 4 members (excludes halogenated alkanes) is 8. The molecule has 2 aromatic rings. The van der Waals surface area contributed by atoms with E-state index in [9.17, 15) is 0 Å². The highest BCUT2D eigenvalue weighted by molar-refractivity contribution is 5.46. The first kappa shape index (κ1) is 22.8. The lowest BCUT2D eigenvalue weighted by atomic mass is 10.0. The molecule has 0 atom stereocenters. The molecule has 0 amide bonds. The maximum Gasteiger partial charge on any atom is 0.0249 e. The normalized spacial score (nSPS) is 10.0. The molecule has 0 N–H and O–H groups in total. The average Bonchev–Trinajstić information content (AvgIpc) is 2.76. The van der Waals surface area contributed by atoms with Gasteiger partial charge in [-0.25, -0.2) is 0 Å². The molecule has 0 heteroatoms. The van der Waals surface area contributed by atoms with Gasteiger partial charge in [0.15, 0.2) is 0 Å². The Morgan fingerprint density at radius 3 is 1.59 bits per heavy atom. The predicted octanol–water partition coefficient (Wildman–Crippen LogP) is 7.92. The Balaban J connectivity index is 1.79. The van der Waals surface area contributed by atoms with Gasteiger partial charge < -0.3 is 0 Å². The van der Waals surface area contributed by atoms with Crippen LogP contribution in [0.2, 0.25) is 0 Å². The van der Waals surface area contributed by atoms with E-state index in [0.717, 1.165) is 23.1 Å². The zero-order valence-corrected chi connectivity index (χ0v) is 18.4. The van der Waals surface area contributed by atoms with Crippen LogP contribution in [-0.4, -0.2) is 0 Å². The minimum atomic E-state index is 1.000. The standard InChI is InChI=1S/C29H36/c1-3-5-7-9-10-11-13-15-27-18-22-29(23-19-27)25-24-28-20-16-26(17-21-28)14-12-8-6-4-2/h16-23H,3-12,14H2,1-2H3. The zero-order chi connectivity index (χ0) is 20.6. The molecule has 0 aliphatic heterocycles. The summed E-state index contributed by atoms with van der Waals surface area (Å²) < 4.78 is 0. The van der Waals surface area contributed by atoms with Crippen molar-refractivity contribution in [2.24, 2.45) is 0 Å². The summed E-state index contributed by atoms with van der Waals surface area (Å²) in [6.07, 6.45) is 13.9. The van der Waals surface area contributed by atoms with Crippen molar-refractivity contribution in [3.05, 3.63) is 70.8 Å². The Hall–Kier alpha value is -2.44. The van der Waals surface area contributed by atoms with E-state index in [0.29, 0.717) is 0 Å². The lowest BCUT2D eigenvalue weighted by Gasteiger charge is -2.01. The quantitative estimate of drug-likeness (QED) is 0.288. The van der Waals surface area contributed by atoms with Crippen molar-refractivity contribution in [3.63, 3.8) is 0 Å². The molecule has 0 aromatic heterocycles. The van der Waals surface area contributed by atoms with Crippen LogP contribution in [0.15, 0.2) is 48.5 Å². The molecule has 0 saturated carbocycles. The average molecular weight is 385 g/mol. The number of benzene rings is 2. The van der Waals surface area contributed by atoms with E-state index in [1.54, 1.807) is 0 Å². The van der Waals surface area contributed by atoms with Crippen LogP contribution >= 0.6 is 0 Å². The van der Waals surface area contributed by atoms with Gasteiger partial charge in [0.1, 0.15) is 0 Å². The van der Waals surface area contributed by atoms with Crippen LogP contribution in [0.5, 0.6) is 0 Å². The van der Waals surface area contributed by atoms with Crippen LogP contribution < -0.4 is 0 Å². The first-order chi connectivity index (χ1) is 14.3. The number of rotatable bonds is 10. The Morgan fingerprint density at radius 1 is 0.517 bits per heavy atom. The molecular weight excluding hydrogens is 348 g/mol. The van der Waals surface area contributed by atoms with Gasteiger partial charge >= 0.3 is 0 Å². The Labute approximate surface area is 179 Å². The maximum absolute atomic E-state index is 3.30. The summed E-state index contributed by atoms with van der Waals surface area (Å²) in [5.41, 5.74) is 4.62. The Kier molecular flexibility index (Phi) is 11.5. The molecule has 0 aliphatic rings. The maximum atomic E-state index is 3.30. The summed E-state index contributed by atoms with van der Waals surface area (Å²) in [6.45, 7) is 4.50. The van der Waals surface area contributed by atoms with Gasteiger partial charge in [-0.05, 0) is 61.2 Å². The van der Waals surface area contributed by atoms with Crippen LogP contribution in [0.25, 0.3) is 0 Å². The fraction of sp³-hybridized carbons (Fsp3) is 0.448. The molecule has 0 fully saturated rings.